The molecule has 0 saturated heterocycles. The first-order chi connectivity index (χ1) is 14.0. The van der Waals surface area contributed by atoms with E-state index in [0.717, 1.165) is 5.69 Å². The van der Waals surface area contributed by atoms with Gasteiger partial charge in [0.25, 0.3) is 11.6 Å². The van der Waals surface area contributed by atoms with Crippen LogP contribution in [0.2, 0.25) is 0 Å². The molecule has 3 amide bonds. The van der Waals surface area contributed by atoms with Crippen LogP contribution in [-0.2, 0) is 11.2 Å². The molecule has 0 aliphatic carbocycles. The van der Waals surface area contributed by atoms with Crippen molar-refractivity contribution in [2.45, 2.75) is 12.5 Å². The number of hydrogen-bond acceptors (Lipinski definition) is 5. The number of nitrogens with zero attached hydrogens (tertiary/aromatic N) is 4. The molecule has 1 aromatic carbocycles. The number of rotatable bonds is 5. The Balaban J connectivity index is 1.62. The van der Waals surface area contributed by atoms with Crippen molar-refractivity contribution in [2.75, 3.05) is 20.1 Å². The van der Waals surface area contributed by atoms with E-state index in [-0.39, 0.29) is 17.6 Å². The second kappa shape index (κ2) is 7.34. The Morgan fingerprint density at radius 2 is 2.07 bits per heavy atom. The molecule has 9 nitrogen and oxygen atoms in total. The number of urea groups is 1. The molecule has 4 rings (SSSR count). The first-order valence-electron chi connectivity index (χ1n) is 9.16. The van der Waals surface area contributed by atoms with Gasteiger partial charge in [0.2, 0.25) is 0 Å². The molecule has 2 aliphatic rings. The average Bonchev–Trinajstić information content (AvgIpc) is 3.06. The zero-order valence-corrected chi connectivity index (χ0v) is 15.7. The lowest BCUT2D eigenvalue weighted by molar-refractivity contribution is -0.384. The molecule has 29 heavy (non-hydrogen) atoms. The van der Waals surface area contributed by atoms with Gasteiger partial charge in [0.1, 0.15) is 0 Å². The number of likely N-dealkylation sites (N-methyl/N-ethyl adjacent to an activating group) is 1. The summed E-state index contributed by atoms with van der Waals surface area (Å²) in [6, 6.07) is 10.6. The van der Waals surface area contributed by atoms with E-state index in [1.165, 1.54) is 17.0 Å². The van der Waals surface area contributed by atoms with E-state index in [9.17, 15) is 19.7 Å². The van der Waals surface area contributed by atoms with Crippen LogP contribution in [0.1, 0.15) is 17.3 Å². The van der Waals surface area contributed by atoms with Crippen molar-refractivity contribution in [1.82, 2.24) is 20.1 Å². The Kier molecular flexibility index (Phi) is 4.71. The minimum Gasteiger partial charge on any atom is -0.333 e. The average molecular weight is 393 g/mol. The van der Waals surface area contributed by atoms with Crippen LogP contribution in [0, 0.1) is 10.1 Å². The fourth-order valence-corrected chi connectivity index (χ4v) is 3.67. The maximum absolute atomic E-state index is 13.2. The number of pyridine rings is 1. The summed E-state index contributed by atoms with van der Waals surface area (Å²) < 4.78 is 0. The molecular weight excluding hydrogens is 374 g/mol. The lowest BCUT2D eigenvalue weighted by Gasteiger charge is -2.31. The van der Waals surface area contributed by atoms with Crippen LogP contribution in [0.4, 0.5) is 10.5 Å². The summed E-state index contributed by atoms with van der Waals surface area (Å²) in [5.41, 5.74) is 2.37. The van der Waals surface area contributed by atoms with Crippen molar-refractivity contribution in [2.24, 2.45) is 0 Å². The predicted octanol–water partition coefficient (Wildman–Crippen LogP) is 2.02. The lowest BCUT2D eigenvalue weighted by Crippen LogP contribution is -2.45. The van der Waals surface area contributed by atoms with Crippen LogP contribution in [0.15, 0.2) is 59.9 Å². The van der Waals surface area contributed by atoms with Crippen LogP contribution < -0.4 is 5.32 Å². The van der Waals surface area contributed by atoms with Gasteiger partial charge < -0.3 is 10.2 Å². The van der Waals surface area contributed by atoms with Crippen molar-refractivity contribution >= 4 is 17.6 Å². The third-order valence-electron chi connectivity index (χ3n) is 5.21. The molecule has 0 bridgehead atoms. The summed E-state index contributed by atoms with van der Waals surface area (Å²) in [7, 11) is 1.61. The summed E-state index contributed by atoms with van der Waals surface area (Å²) >= 11 is 0. The molecular formula is C20H19N5O4. The van der Waals surface area contributed by atoms with Crippen molar-refractivity contribution in [3.05, 3.63) is 81.3 Å². The van der Waals surface area contributed by atoms with Gasteiger partial charge in [-0.25, -0.2) is 4.79 Å². The Bertz CT molecular complexity index is 1020. The van der Waals surface area contributed by atoms with Crippen molar-refractivity contribution < 1.29 is 14.5 Å². The number of nitro groups is 1. The number of carbonyl (C=O) groups is 2. The van der Waals surface area contributed by atoms with E-state index in [4.69, 9.17) is 0 Å². The molecule has 9 heteroatoms. The van der Waals surface area contributed by atoms with Gasteiger partial charge in [-0.3, -0.25) is 24.8 Å². The third kappa shape index (κ3) is 3.42. The van der Waals surface area contributed by atoms with Gasteiger partial charge in [-0.15, -0.1) is 0 Å². The molecule has 2 aromatic rings. The van der Waals surface area contributed by atoms with E-state index >= 15 is 0 Å². The minimum atomic E-state index is -0.721. The molecule has 1 N–H and O–H groups in total. The van der Waals surface area contributed by atoms with E-state index < -0.39 is 11.0 Å². The number of hydrogen-bond donors (Lipinski definition) is 1. The Morgan fingerprint density at radius 3 is 2.79 bits per heavy atom. The second-order valence-electron chi connectivity index (χ2n) is 6.95. The SMILES string of the molecule is CN1C(=O)N[C@H](c2cccc([N+](=O)[O-])c2)C2=C1CN(CCc1ccccn1)C2=O. The number of carbonyl (C=O) groups excluding carboxylic acids is 2. The van der Waals surface area contributed by atoms with Crippen molar-refractivity contribution in [3.63, 3.8) is 0 Å². The van der Waals surface area contributed by atoms with Crippen LogP contribution in [0.5, 0.6) is 0 Å². The number of nitro benzene ring substituents is 1. The number of aromatic nitrogens is 1. The summed E-state index contributed by atoms with van der Waals surface area (Å²) in [5, 5.41) is 13.9. The molecule has 0 radical (unpaired) electrons. The maximum Gasteiger partial charge on any atom is 0.322 e. The van der Waals surface area contributed by atoms with Crippen molar-refractivity contribution in [3.8, 4) is 0 Å². The molecule has 2 aliphatic heterocycles. The number of amides is 3. The molecule has 3 heterocycles. The van der Waals surface area contributed by atoms with Gasteiger partial charge in [0, 0.05) is 44.0 Å². The Hall–Kier alpha value is -3.75. The quantitative estimate of drug-likeness (QED) is 0.618. The summed E-state index contributed by atoms with van der Waals surface area (Å²) in [4.78, 5) is 43.6. The molecule has 0 saturated carbocycles. The van der Waals surface area contributed by atoms with Crippen LogP contribution in [0.3, 0.4) is 0 Å². The normalized spacial score (nSPS) is 18.7. The molecule has 1 aromatic heterocycles. The fourth-order valence-electron chi connectivity index (χ4n) is 3.67. The first-order valence-corrected chi connectivity index (χ1v) is 9.16. The van der Waals surface area contributed by atoms with Gasteiger partial charge in [-0.05, 0) is 17.7 Å². The lowest BCUT2D eigenvalue weighted by atomic mass is 9.95. The highest BCUT2D eigenvalue weighted by Gasteiger charge is 2.42. The zero-order chi connectivity index (χ0) is 20.5. The van der Waals surface area contributed by atoms with Gasteiger partial charge >= 0.3 is 6.03 Å². The monoisotopic (exact) mass is 393 g/mol. The summed E-state index contributed by atoms with van der Waals surface area (Å²) in [6.45, 7) is 0.781. The highest BCUT2D eigenvalue weighted by molar-refractivity contribution is 6.01. The minimum absolute atomic E-state index is 0.0877. The first kappa shape index (κ1) is 18.6. The molecule has 148 valence electrons. The molecule has 0 fully saturated rings. The van der Waals surface area contributed by atoms with Gasteiger partial charge in [-0.1, -0.05) is 18.2 Å². The maximum atomic E-state index is 13.2. The highest BCUT2D eigenvalue weighted by Crippen LogP contribution is 2.36. The largest absolute Gasteiger partial charge is 0.333 e. The predicted molar refractivity (Wildman–Crippen MR) is 104 cm³/mol. The summed E-state index contributed by atoms with van der Waals surface area (Å²) in [5.74, 6) is -0.181. The third-order valence-corrected chi connectivity index (χ3v) is 5.21. The van der Waals surface area contributed by atoms with Gasteiger partial charge in [0.05, 0.1) is 28.8 Å². The second-order valence-corrected chi connectivity index (χ2v) is 6.95. The van der Waals surface area contributed by atoms with Crippen molar-refractivity contribution in [1.29, 1.82) is 0 Å². The van der Waals surface area contributed by atoms with E-state index in [1.807, 2.05) is 18.2 Å². The molecule has 0 spiro atoms. The number of nitrogens with one attached hydrogen (secondary N) is 1. The Morgan fingerprint density at radius 1 is 1.24 bits per heavy atom. The smallest absolute Gasteiger partial charge is 0.322 e. The van der Waals surface area contributed by atoms with Gasteiger partial charge in [0.15, 0.2) is 0 Å². The number of benzene rings is 1. The van der Waals surface area contributed by atoms with E-state index in [1.54, 1.807) is 30.3 Å². The number of non-ortho nitro benzene ring substituents is 1. The van der Waals surface area contributed by atoms with Crippen LogP contribution in [0.25, 0.3) is 0 Å². The van der Waals surface area contributed by atoms with E-state index in [2.05, 4.69) is 10.3 Å². The molecule has 0 unspecified atom stereocenters. The topological polar surface area (TPSA) is 109 Å². The van der Waals surface area contributed by atoms with Crippen LogP contribution in [-0.4, -0.2) is 51.8 Å². The molecule has 1 atom stereocenters. The zero-order valence-electron chi connectivity index (χ0n) is 15.7. The standard InChI is InChI=1S/C20H19N5O4/c1-23-16-12-24(10-8-14-6-2-3-9-21-14)19(26)17(16)18(22-20(23)27)13-5-4-7-15(11-13)25(28)29/h2-7,9,11,18H,8,10,12H2,1H3,(H,22,27)/t18-/m1/s1. The van der Waals surface area contributed by atoms with Crippen LogP contribution >= 0.6 is 0 Å². The van der Waals surface area contributed by atoms with Gasteiger partial charge in [-0.2, -0.15) is 0 Å². The Labute approximate surface area is 166 Å². The van der Waals surface area contributed by atoms with E-state index in [0.29, 0.717) is 36.3 Å². The highest BCUT2D eigenvalue weighted by atomic mass is 16.6. The summed E-state index contributed by atoms with van der Waals surface area (Å²) in [6.07, 6.45) is 2.30. The fraction of sp³-hybridized carbons (Fsp3) is 0.250.